The summed E-state index contributed by atoms with van der Waals surface area (Å²) in [4.78, 5) is 10.2. The number of aromatic hydroxyl groups is 1. The molecule has 0 saturated heterocycles. The average Bonchev–Trinajstić information content (AvgIpc) is 2.01. The van der Waals surface area contributed by atoms with Crippen LogP contribution in [0.1, 0.15) is 10.4 Å². The number of rotatable bonds is 2. The van der Waals surface area contributed by atoms with Gasteiger partial charge in [-0.05, 0) is 12.1 Å². The second-order valence-electron chi connectivity index (χ2n) is 2.55. The molecule has 0 saturated carbocycles. The van der Waals surface area contributed by atoms with Crippen LogP contribution in [-0.2, 0) is 0 Å². The van der Waals surface area contributed by atoms with Gasteiger partial charge in [-0.3, -0.25) is 4.79 Å². The first kappa shape index (κ1) is 9.63. The minimum atomic E-state index is -5.17. The Kier molecular flexibility index (Phi) is 2.31. The van der Waals surface area contributed by atoms with E-state index in [-0.39, 0.29) is 11.8 Å². The van der Waals surface area contributed by atoms with Gasteiger partial charge in [0.2, 0.25) is 0 Å². The third-order valence-corrected chi connectivity index (χ3v) is 1.48. The Labute approximate surface area is 72.1 Å². The van der Waals surface area contributed by atoms with E-state index in [1.54, 1.807) is 0 Å². The monoisotopic (exact) mass is 189 g/mol. The molecule has 0 fully saturated rings. The Hall–Kier alpha value is -1.46. The lowest BCUT2D eigenvalue weighted by molar-refractivity contribution is 0.112. The number of phenolic OH excluding ortho intramolecular Hbond substituents is 1. The van der Waals surface area contributed by atoms with Crippen LogP contribution in [0, 0.1) is 0 Å². The molecule has 2 nitrogen and oxygen atoms in total. The van der Waals surface area contributed by atoms with E-state index in [0.29, 0.717) is 12.1 Å². The highest BCUT2D eigenvalue weighted by Crippen LogP contribution is 2.15. The zero-order valence-corrected chi connectivity index (χ0v) is 6.38. The molecule has 70 valence electrons. The van der Waals surface area contributed by atoms with Crippen molar-refractivity contribution in [1.29, 1.82) is 0 Å². The molecule has 6 heteroatoms. The summed E-state index contributed by atoms with van der Waals surface area (Å²) in [5.41, 5.74) is -1.16. The van der Waals surface area contributed by atoms with Crippen molar-refractivity contribution in [2.75, 3.05) is 0 Å². The fourth-order valence-electron chi connectivity index (χ4n) is 0.916. The first-order chi connectivity index (χ1) is 5.93. The number of halogens is 3. The number of hydrogen-bond acceptors (Lipinski definition) is 2. The Bertz CT molecular complexity index is 335. The van der Waals surface area contributed by atoms with Crippen molar-refractivity contribution in [3.63, 3.8) is 0 Å². The molecule has 0 spiro atoms. The molecule has 0 amide bonds. The summed E-state index contributed by atoms with van der Waals surface area (Å²) in [5.74, 6) is -0.557. The molecule has 0 aromatic heterocycles. The summed E-state index contributed by atoms with van der Waals surface area (Å²) >= 11 is 0. The smallest absolute Gasteiger partial charge is 0.508 e. The SMILES string of the molecule is O=Cc1cc(O)cc([B-](F)(F)F)c1. The third kappa shape index (κ3) is 2.24. The number of carbonyl (C=O) groups excluding carboxylic acids is 1. The first-order valence-electron chi connectivity index (χ1n) is 3.42. The van der Waals surface area contributed by atoms with Crippen molar-refractivity contribution >= 4 is 18.7 Å². The molecule has 1 N–H and O–H groups in total. The van der Waals surface area contributed by atoms with Crippen molar-refractivity contribution in [2.45, 2.75) is 0 Å². The van der Waals surface area contributed by atoms with Crippen LogP contribution >= 0.6 is 0 Å². The summed E-state index contributed by atoms with van der Waals surface area (Å²) in [6.45, 7) is -5.17. The lowest BCUT2D eigenvalue weighted by Gasteiger charge is -2.15. The standard InChI is InChI=1S/C7H5BF3O2/c9-8(10,11)6-1-5(4-12)2-7(13)3-6/h1-4,13H/q-1. The summed E-state index contributed by atoms with van der Waals surface area (Å²) in [6.07, 6.45) is 0.255. The summed E-state index contributed by atoms with van der Waals surface area (Å²) in [7, 11) is 0. The molecule has 0 bridgehead atoms. The van der Waals surface area contributed by atoms with E-state index >= 15 is 0 Å². The highest BCUT2D eigenvalue weighted by Gasteiger charge is 2.26. The van der Waals surface area contributed by atoms with E-state index in [2.05, 4.69) is 0 Å². The minimum absolute atomic E-state index is 0.186. The van der Waals surface area contributed by atoms with Crippen LogP contribution in [0.2, 0.25) is 0 Å². The van der Waals surface area contributed by atoms with Crippen LogP contribution in [0.4, 0.5) is 12.9 Å². The molecule has 0 aliphatic heterocycles. The van der Waals surface area contributed by atoms with Gasteiger partial charge in [0, 0.05) is 5.56 Å². The molecule has 1 aromatic rings. The maximum Gasteiger partial charge on any atom is 0.509 e. The lowest BCUT2D eigenvalue weighted by Crippen LogP contribution is -2.34. The summed E-state index contributed by atoms with van der Waals surface area (Å²) in [5, 5.41) is 8.84. The van der Waals surface area contributed by atoms with Gasteiger partial charge in [-0.15, -0.1) is 5.46 Å². The topological polar surface area (TPSA) is 37.3 Å². The Morgan fingerprint density at radius 2 is 1.85 bits per heavy atom. The number of phenols is 1. The van der Waals surface area contributed by atoms with Crippen molar-refractivity contribution in [2.24, 2.45) is 0 Å². The van der Waals surface area contributed by atoms with Crippen LogP contribution in [0.15, 0.2) is 18.2 Å². The molecule has 0 unspecified atom stereocenters. The molecular weight excluding hydrogens is 184 g/mol. The first-order valence-corrected chi connectivity index (χ1v) is 3.42. The van der Waals surface area contributed by atoms with E-state index in [0.717, 1.165) is 6.07 Å². The quantitative estimate of drug-likeness (QED) is 0.561. The van der Waals surface area contributed by atoms with Gasteiger partial charge < -0.3 is 18.1 Å². The number of carbonyl (C=O) groups is 1. The predicted molar refractivity (Wildman–Crippen MR) is 42.2 cm³/mol. The minimum Gasteiger partial charge on any atom is -0.508 e. The molecule has 1 rings (SSSR count). The van der Waals surface area contributed by atoms with Gasteiger partial charge in [-0.1, -0.05) is 6.07 Å². The maximum atomic E-state index is 12.1. The van der Waals surface area contributed by atoms with Crippen LogP contribution < -0.4 is 5.46 Å². The molecule has 0 heterocycles. The summed E-state index contributed by atoms with van der Waals surface area (Å²) in [6, 6.07) is 2.26. The lowest BCUT2D eigenvalue weighted by atomic mass is 9.79. The van der Waals surface area contributed by atoms with Crippen molar-refractivity contribution in [3.8, 4) is 5.75 Å². The second-order valence-corrected chi connectivity index (χ2v) is 2.55. The van der Waals surface area contributed by atoms with Gasteiger partial charge in [0.1, 0.15) is 12.0 Å². The summed E-state index contributed by atoms with van der Waals surface area (Å²) < 4.78 is 36.4. The van der Waals surface area contributed by atoms with Crippen LogP contribution in [0.3, 0.4) is 0 Å². The van der Waals surface area contributed by atoms with Gasteiger partial charge in [0.25, 0.3) is 0 Å². The molecule has 1 aromatic carbocycles. The van der Waals surface area contributed by atoms with E-state index in [4.69, 9.17) is 5.11 Å². The second kappa shape index (κ2) is 3.12. The molecule has 13 heavy (non-hydrogen) atoms. The van der Waals surface area contributed by atoms with E-state index in [1.165, 1.54) is 0 Å². The van der Waals surface area contributed by atoms with Crippen LogP contribution in [0.5, 0.6) is 5.75 Å². The third-order valence-electron chi connectivity index (χ3n) is 1.48. The van der Waals surface area contributed by atoms with Gasteiger partial charge in [0.15, 0.2) is 0 Å². The van der Waals surface area contributed by atoms with Crippen molar-refractivity contribution < 1.29 is 22.8 Å². The normalized spacial score (nSPS) is 11.3. The van der Waals surface area contributed by atoms with Crippen LogP contribution in [0.25, 0.3) is 0 Å². The average molecular weight is 189 g/mol. The van der Waals surface area contributed by atoms with E-state index in [9.17, 15) is 17.7 Å². The highest BCUT2D eigenvalue weighted by atomic mass is 19.4. The molecule has 0 aliphatic carbocycles. The Balaban J connectivity index is 3.24. The maximum absolute atomic E-state index is 12.1. The predicted octanol–water partition coefficient (Wildman–Crippen LogP) is 1.26. The van der Waals surface area contributed by atoms with Gasteiger partial charge in [-0.2, -0.15) is 0 Å². The Morgan fingerprint density at radius 1 is 1.23 bits per heavy atom. The van der Waals surface area contributed by atoms with Gasteiger partial charge in [0.05, 0.1) is 0 Å². The van der Waals surface area contributed by atoms with E-state index < -0.39 is 18.2 Å². The largest absolute Gasteiger partial charge is 0.509 e. The van der Waals surface area contributed by atoms with E-state index in [1.807, 2.05) is 0 Å². The van der Waals surface area contributed by atoms with Gasteiger partial charge in [-0.25, -0.2) is 0 Å². The molecular formula is C7H5BF3O2-. The Morgan fingerprint density at radius 3 is 2.31 bits per heavy atom. The number of aldehydes is 1. The zero-order chi connectivity index (χ0) is 10.1. The fourth-order valence-corrected chi connectivity index (χ4v) is 0.916. The molecule has 0 aliphatic rings. The number of benzene rings is 1. The zero-order valence-electron chi connectivity index (χ0n) is 6.38. The van der Waals surface area contributed by atoms with Crippen LogP contribution in [-0.4, -0.2) is 18.4 Å². The van der Waals surface area contributed by atoms with Crippen molar-refractivity contribution in [1.82, 2.24) is 0 Å². The highest BCUT2D eigenvalue weighted by molar-refractivity contribution is 6.73. The van der Waals surface area contributed by atoms with Gasteiger partial charge >= 0.3 is 6.98 Å². The fraction of sp³-hybridized carbons (Fsp3) is 0. The molecule has 0 atom stereocenters. The van der Waals surface area contributed by atoms with Crippen molar-refractivity contribution in [3.05, 3.63) is 23.8 Å². The molecule has 0 radical (unpaired) electrons. The number of hydrogen-bond donors (Lipinski definition) is 1.